The lowest BCUT2D eigenvalue weighted by molar-refractivity contribution is 0.554. The second kappa shape index (κ2) is 6.26. The molecule has 0 bridgehead atoms. The van der Waals surface area contributed by atoms with Crippen molar-refractivity contribution in [3.63, 3.8) is 0 Å². The molecule has 0 radical (unpaired) electrons. The molecule has 0 N–H and O–H groups in total. The first-order valence-electron chi connectivity index (χ1n) is 5.51. The van der Waals surface area contributed by atoms with Gasteiger partial charge in [0.1, 0.15) is 17.5 Å². The molecule has 0 spiro atoms. The normalized spacial score (nSPS) is 12.5. The van der Waals surface area contributed by atoms with Gasteiger partial charge in [-0.1, -0.05) is 28.1 Å². The number of alkyl halides is 1. The lowest BCUT2D eigenvalue weighted by Gasteiger charge is -2.13. The van der Waals surface area contributed by atoms with Crippen molar-refractivity contribution in [3.05, 3.63) is 68.5 Å². The van der Waals surface area contributed by atoms with E-state index >= 15 is 0 Å². The Morgan fingerprint density at radius 1 is 1.05 bits per heavy atom. The summed E-state index contributed by atoms with van der Waals surface area (Å²) in [5, 5.41) is 0. The Kier molecular flexibility index (Phi) is 4.89. The van der Waals surface area contributed by atoms with Crippen molar-refractivity contribution in [3.8, 4) is 0 Å². The van der Waals surface area contributed by atoms with Crippen molar-refractivity contribution in [2.45, 2.75) is 11.2 Å². The van der Waals surface area contributed by atoms with Crippen LogP contribution >= 0.6 is 38.5 Å². The number of hydrogen-bond donors (Lipinski definition) is 0. The van der Waals surface area contributed by atoms with E-state index in [2.05, 4.69) is 15.9 Å². The van der Waals surface area contributed by atoms with Crippen molar-refractivity contribution in [1.29, 1.82) is 0 Å². The van der Waals surface area contributed by atoms with E-state index in [1.807, 2.05) is 22.6 Å². The van der Waals surface area contributed by atoms with Crippen LogP contribution in [0.5, 0.6) is 0 Å². The third kappa shape index (κ3) is 3.51. The molecule has 1 unspecified atom stereocenters. The molecule has 0 saturated heterocycles. The van der Waals surface area contributed by atoms with Gasteiger partial charge in [-0.15, -0.1) is 0 Å². The Hall–Kier alpha value is -0.560. The summed E-state index contributed by atoms with van der Waals surface area (Å²) < 4.78 is 40.9. The van der Waals surface area contributed by atoms with Crippen molar-refractivity contribution < 1.29 is 13.2 Å². The highest BCUT2D eigenvalue weighted by molar-refractivity contribution is 14.1. The van der Waals surface area contributed by atoms with E-state index in [0.717, 1.165) is 9.13 Å². The van der Waals surface area contributed by atoms with Crippen molar-refractivity contribution in [2.24, 2.45) is 0 Å². The quantitative estimate of drug-likeness (QED) is 0.443. The first kappa shape index (κ1) is 14.8. The topological polar surface area (TPSA) is 0 Å². The van der Waals surface area contributed by atoms with Gasteiger partial charge in [0, 0.05) is 14.0 Å². The molecule has 0 aliphatic carbocycles. The predicted octanol–water partition coefficient (Wildman–Crippen LogP) is 5.39. The van der Waals surface area contributed by atoms with Gasteiger partial charge in [-0.2, -0.15) is 0 Å². The first-order chi connectivity index (χ1) is 8.99. The molecular weight excluding hydrogens is 432 g/mol. The van der Waals surface area contributed by atoms with Crippen LogP contribution in [0.1, 0.15) is 16.0 Å². The molecule has 0 fully saturated rings. The van der Waals surface area contributed by atoms with Gasteiger partial charge in [0.25, 0.3) is 0 Å². The van der Waals surface area contributed by atoms with E-state index in [9.17, 15) is 13.2 Å². The zero-order valence-corrected chi connectivity index (χ0v) is 13.4. The van der Waals surface area contributed by atoms with E-state index in [1.165, 1.54) is 30.3 Å². The molecule has 2 aromatic carbocycles. The van der Waals surface area contributed by atoms with Gasteiger partial charge in [0.05, 0.1) is 0 Å². The SMILES string of the molecule is Fc1ccc(C(Br)Cc2c(F)cccc2F)c(I)c1. The molecule has 0 aromatic heterocycles. The predicted molar refractivity (Wildman–Crippen MR) is 80.8 cm³/mol. The second-order valence-electron chi connectivity index (χ2n) is 4.04. The van der Waals surface area contributed by atoms with Crippen LogP contribution in [0.25, 0.3) is 0 Å². The van der Waals surface area contributed by atoms with Crippen molar-refractivity contribution in [1.82, 2.24) is 0 Å². The van der Waals surface area contributed by atoms with Crippen LogP contribution in [0.4, 0.5) is 13.2 Å². The van der Waals surface area contributed by atoms with Gasteiger partial charge >= 0.3 is 0 Å². The molecule has 5 heteroatoms. The zero-order chi connectivity index (χ0) is 14.0. The van der Waals surface area contributed by atoms with Crippen LogP contribution < -0.4 is 0 Å². The third-order valence-corrected chi connectivity index (χ3v) is 4.50. The average Bonchev–Trinajstić information content (AvgIpc) is 2.33. The van der Waals surface area contributed by atoms with E-state index in [1.54, 1.807) is 6.07 Å². The van der Waals surface area contributed by atoms with E-state index in [0.29, 0.717) is 0 Å². The zero-order valence-electron chi connectivity index (χ0n) is 9.64. The number of halogens is 5. The summed E-state index contributed by atoms with van der Waals surface area (Å²) in [5.74, 6) is -1.46. The summed E-state index contributed by atoms with van der Waals surface area (Å²) in [5.41, 5.74) is 0.842. The van der Waals surface area contributed by atoms with E-state index in [-0.39, 0.29) is 22.6 Å². The number of rotatable bonds is 3. The second-order valence-corrected chi connectivity index (χ2v) is 6.31. The van der Waals surface area contributed by atoms with Crippen LogP contribution in [0.15, 0.2) is 36.4 Å². The van der Waals surface area contributed by atoms with Crippen molar-refractivity contribution >= 4 is 38.5 Å². The molecule has 100 valence electrons. The van der Waals surface area contributed by atoms with Gasteiger partial charge in [0.2, 0.25) is 0 Å². The Bertz CT molecular complexity index is 581. The van der Waals surface area contributed by atoms with Crippen LogP contribution in [-0.4, -0.2) is 0 Å². The molecule has 0 amide bonds. The molecule has 2 aromatic rings. The molecule has 0 heterocycles. The molecule has 19 heavy (non-hydrogen) atoms. The first-order valence-corrected chi connectivity index (χ1v) is 7.50. The van der Waals surface area contributed by atoms with Crippen molar-refractivity contribution in [2.75, 3.05) is 0 Å². The molecule has 1 atom stereocenters. The Morgan fingerprint density at radius 2 is 1.68 bits per heavy atom. The fourth-order valence-corrected chi connectivity index (χ4v) is 3.78. The monoisotopic (exact) mass is 440 g/mol. The van der Waals surface area contributed by atoms with Gasteiger partial charge in [-0.05, 0) is 58.8 Å². The van der Waals surface area contributed by atoms with E-state index in [4.69, 9.17) is 0 Å². The molecular formula is C14H9BrF3I. The molecule has 0 aliphatic rings. The molecule has 2 rings (SSSR count). The number of hydrogen-bond acceptors (Lipinski definition) is 0. The lowest BCUT2D eigenvalue weighted by atomic mass is 10.0. The van der Waals surface area contributed by atoms with Crippen LogP contribution in [0.2, 0.25) is 0 Å². The standard InChI is InChI=1S/C14H9BrF3I/c15-11(9-5-4-8(16)6-14(9)19)7-10-12(17)2-1-3-13(10)18/h1-6,11H,7H2. The molecule has 0 nitrogen and oxygen atoms in total. The minimum atomic E-state index is -0.568. The summed E-state index contributed by atoms with van der Waals surface area (Å²) in [6.45, 7) is 0. The maximum atomic E-state index is 13.6. The lowest BCUT2D eigenvalue weighted by Crippen LogP contribution is -2.03. The highest BCUT2D eigenvalue weighted by atomic mass is 127. The Morgan fingerprint density at radius 3 is 2.26 bits per heavy atom. The van der Waals surface area contributed by atoms with Gasteiger partial charge in [-0.3, -0.25) is 0 Å². The summed E-state index contributed by atoms with van der Waals surface area (Å²) >= 11 is 5.41. The minimum Gasteiger partial charge on any atom is -0.207 e. The van der Waals surface area contributed by atoms with E-state index < -0.39 is 11.6 Å². The van der Waals surface area contributed by atoms with Crippen LogP contribution in [0.3, 0.4) is 0 Å². The molecule has 0 saturated carbocycles. The van der Waals surface area contributed by atoms with Gasteiger partial charge in [-0.25, -0.2) is 13.2 Å². The van der Waals surface area contributed by atoms with Crippen LogP contribution in [-0.2, 0) is 6.42 Å². The van der Waals surface area contributed by atoms with Gasteiger partial charge < -0.3 is 0 Å². The minimum absolute atomic E-state index is 0.0319. The van der Waals surface area contributed by atoms with Gasteiger partial charge in [0.15, 0.2) is 0 Å². The highest BCUT2D eigenvalue weighted by Crippen LogP contribution is 2.32. The third-order valence-electron chi connectivity index (χ3n) is 2.74. The summed E-state index contributed by atoms with van der Waals surface area (Å²) in [6.07, 6.45) is 0.167. The summed E-state index contributed by atoms with van der Waals surface area (Å²) in [4.78, 5) is -0.272. The van der Waals surface area contributed by atoms with Crippen LogP contribution in [0, 0.1) is 21.0 Å². The Balaban J connectivity index is 2.28. The summed E-state index contributed by atoms with van der Waals surface area (Å²) in [6, 6.07) is 8.14. The smallest absolute Gasteiger partial charge is 0.129 e. The highest BCUT2D eigenvalue weighted by Gasteiger charge is 2.17. The summed E-state index contributed by atoms with van der Waals surface area (Å²) in [7, 11) is 0. The fraction of sp³-hybridized carbons (Fsp3) is 0.143. The molecule has 0 aliphatic heterocycles. The Labute approximate surface area is 131 Å². The fourth-order valence-electron chi connectivity index (χ4n) is 1.77. The number of benzene rings is 2. The maximum Gasteiger partial charge on any atom is 0.129 e. The average molecular weight is 441 g/mol. The maximum absolute atomic E-state index is 13.6. The largest absolute Gasteiger partial charge is 0.207 e.